The number of fused-ring (bicyclic) bond motifs is 1. The zero-order valence-electron chi connectivity index (χ0n) is 17.0. The molecule has 1 unspecified atom stereocenters. The van der Waals surface area contributed by atoms with Crippen molar-refractivity contribution in [1.29, 1.82) is 0 Å². The van der Waals surface area contributed by atoms with Crippen molar-refractivity contribution in [3.05, 3.63) is 94.0 Å². The lowest BCUT2D eigenvalue weighted by atomic mass is 9.88. The van der Waals surface area contributed by atoms with Gasteiger partial charge in [0.1, 0.15) is 5.75 Å². The van der Waals surface area contributed by atoms with Crippen molar-refractivity contribution in [2.24, 2.45) is 0 Å². The molecule has 1 aliphatic heterocycles. The Labute approximate surface area is 189 Å². The number of Topliss-reactive ketones (excluding diaryl/α,β-unsaturated/α-hetero) is 1. The second-order valence-electron chi connectivity index (χ2n) is 7.54. The number of halogens is 1. The summed E-state index contributed by atoms with van der Waals surface area (Å²) < 4.78 is 5.87. The summed E-state index contributed by atoms with van der Waals surface area (Å²) in [5, 5.41) is 11.5. The number of nitrogens with zero attached hydrogens (tertiary/aromatic N) is 1. The third kappa shape index (κ3) is 4.13. The van der Waals surface area contributed by atoms with Crippen LogP contribution in [0.1, 0.15) is 27.9 Å². The molecule has 0 saturated heterocycles. The fourth-order valence-corrected chi connectivity index (χ4v) is 4.27. The summed E-state index contributed by atoms with van der Waals surface area (Å²) in [5.41, 5.74) is 0.684. The highest BCUT2D eigenvalue weighted by Crippen LogP contribution is 2.44. The largest absolute Gasteiger partial charge is 0.497 e. The van der Waals surface area contributed by atoms with E-state index in [0.717, 1.165) is 10.0 Å². The highest BCUT2D eigenvalue weighted by Gasteiger charge is 2.50. The Hall–Kier alpha value is -2.96. The summed E-state index contributed by atoms with van der Waals surface area (Å²) in [7, 11) is 1.55. The summed E-state index contributed by atoms with van der Waals surface area (Å²) in [6, 6.07) is 21.9. The predicted octanol–water partition coefficient (Wildman–Crippen LogP) is 4.51. The third-order valence-electron chi connectivity index (χ3n) is 5.59. The molecule has 0 bridgehead atoms. The van der Waals surface area contributed by atoms with Gasteiger partial charge in [-0.25, -0.2) is 0 Å². The van der Waals surface area contributed by atoms with Crippen LogP contribution in [0.15, 0.2) is 77.3 Å². The van der Waals surface area contributed by atoms with Crippen molar-refractivity contribution in [3.8, 4) is 5.75 Å². The number of anilines is 1. The zero-order valence-corrected chi connectivity index (χ0v) is 18.6. The number of aliphatic hydroxyl groups is 1. The van der Waals surface area contributed by atoms with Crippen LogP contribution in [0.2, 0.25) is 0 Å². The first kappa shape index (κ1) is 21.3. The van der Waals surface area contributed by atoms with Crippen molar-refractivity contribution in [2.75, 3.05) is 18.6 Å². The van der Waals surface area contributed by atoms with E-state index >= 15 is 0 Å². The molecule has 0 aliphatic carbocycles. The maximum Gasteiger partial charge on any atom is 0.264 e. The van der Waals surface area contributed by atoms with E-state index in [1.54, 1.807) is 48.4 Å². The highest BCUT2D eigenvalue weighted by atomic mass is 79.9. The number of hydrogen-bond donors (Lipinski definition) is 1. The molecule has 4 rings (SSSR count). The van der Waals surface area contributed by atoms with Gasteiger partial charge in [-0.15, -0.1) is 0 Å². The summed E-state index contributed by atoms with van der Waals surface area (Å²) >= 11 is 3.42. The van der Waals surface area contributed by atoms with Gasteiger partial charge in [0.05, 0.1) is 19.2 Å². The monoisotopic (exact) mass is 479 g/mol. The Morgan fingerprint density at radius 2 is 1.77 bits per heavy atom. The first-order valence-electron chi connectivity index (χ1n) is 9.98. The third-order valence-corrected chi connectivity index (χ3v) is 6.08. The minimum Gasteiger partial charge on any atom is -0.497 e. The standard InChI is InChI=1S/C25H22BrNO4/c1-31-20-10-7-18(8-11-20)23(28)16-25(30)21-15-19(26)9-12-22(21)27(24(25)29)14-13-17-5-3-2-4-6-17/h2-12,15,30H,13-14,16H2,1H3. The molecular weight excluding hydrogens is 458 g/mol. The summed E-state index contributed by atoms with van der Waals surface area (Å²) in [6.07, 6.45) is 0.314. The van der Waals surface area contributed by atoms with Gasteiger partial charge in [-0.1, -0.05) is 46.3 Å². The molecule has 5 nitrogen and oxygen atoms in total. The summed E-state index contributed by atoms with van der Waals surface area (Å²) in [6.45, 7) is 0.413. The van der Waals surface area contributed by atoms with Crippen molar-refractivity contribution in [3.63, 3.8) is 0 Å². The first-order chi connectivity index (χ1) is 14.9. The SMILES string of the molecule is COc1ccc(C(=O)CC2(O)C(=O)N(CCc3ccccc3)c3ccc(Br)cc32)cc1. The maximum atomic E-state index is 13.4. The lowest BCUT2D eigenvalue weighted by Crippen LogP contribution is -2.42. The molecule has 3 aromatic rings. The van der Waals surface area contributed by atoms with E-state index in [4.69, 9.17) is 4.74 Å². The molecule has 0 spiro atoms. The Bertz CT molecular complexity index is 1110. The minimum atomic E-state index is -1.91. The number of ether oxygens (including phenoxy) is 1. The average molecular weight is 480 g/mol. The van der Waals surface area contributed by atoms with E-state index in [9.17, 15) is 14.7 Å². The van der Waals surface area contributed by atoms with E-state index in [1.165, 1.54) is 0 Å². The molecule has 0 fully saturated rings. The van der Waals surface area contributed by atoms with E-state index < -0.39 is 11.5 Å². The number of rotatable bonds is 7. The van der Waals surface area contributed by atoms with Crippen LogP contribution in [0, 0.1) is 0 Å². The molecule has 0 radical (unpaired) electrons. The van der Waals surface area contributed by atoms with Crippen LogP contribution >= 0.6 is 15.9 Å². The van der Waals surface area contributed by atoms with Gasteiger partial charge in [0.15, 0.2) is 11.4 Å². The van der Waals surface area contributed by atoms with Gasteiger partial charge in [0, 0.05) is 22.1 Å². The van der Waals surface area contributed by atoms with Crippen molar-refractivity contribution < 1.29 is 19.4 Å². The Balaban J connectivity index is 1.62. The molecule has 1 N–H and O–H groups in total. The number of amides is 1. The van der Waals surface area contributed by atoms with Gasteiger partial charge in [0.2, 0.25) is 0 Å². The highest BCUT2D eigenvalue weighted by molar-refractivity contribution is 9.10. The quantitative estimate of drug-likeness (QED) is 0.506. The van der Waals surface area contributed by atoms with Crippen LogP contribution in [0.4, 0.5) is 5.69 Å². The molecule has 6 heteroatoms. The number of ketones is 1. The number of benzene rings is 3. The summed E-state index contributed by atoms with van der Waals surface area (Å²) in [4.78, 5) is 27.9. The molecule has 1 aliphatic rings. The van der Waals surface area contributed by atoms with Crippen LogP contribution in [0.3, 0.4) is 0 Å². The van der Waals surface area contributed by atoms with Crippen molar-refractivity contribution >= 4 is 33.3 Å². The molecular formula is C25H22BrNO4. The van der Waals surface area contributed by atoms with Crippen molar-refractivity contribution in [2.45, 2.75) is 18.4 Å². The van der Waals surface area contributed by atoms with Gasteiger partial charge >= 0.3 is 0 Å². The van der Waals surface area contributed by atoms with Crippen LogP contribution in [-0.4, -0.2) is 30.5 Å². The van der Waals surface area contributed by atoms with Crippen LogP contribution in [0.25, 0.3) is 0 Å². The predicted molar refractivity (Wildman–Crippen MR) is 122 cm³/mol. The van der Waals surface area contributed by atoms with Gasteiger partial charge in [-0.3, -0.25) is 9.59 Å². The van der Waals surface area contributed by atoms with Crippen LogP contribution in [0.5, 0.6) is 5.75 Å². The minimum absolute atomic E-state index is 0.311. The number of methoxy groups -OCH3 is 1. The normalized spacial score (nSPS) is 17.5. The second kappa shape index (κ2) is 8.65. The van der Waals surface area contributed by atoms with Gasteiger partial charge < -0.3 is 14.7 Å². The van der Waals surface area contributed by atoms with Crippen LogP contribution in [-0.2, 0) is 16.8 Å². The molecule has 1 heterocycles. The maximum absolute atomic E-state index is 13.4. The fourth-order valence-electron chi connectivity index (χ4n) is 3.91. The molecule has 0 saturated carbocycles. The van der Waals surface area contributed by atoms with Gasteiger partial charge in [-0.05, 0) is 54.4 Å². The lowest BCUT2D eigenvalue weighted by molar-refractivity contribution is -0.135. The van der Waals surface area contributed by atoms with Gasteiger partial charge in [0.25, 0.3) is 5.91 Å². The molecule has 158 valence electrons. The van der Waals surface area contributed by atoms with E-state index in [-0.39, 0.29) is 12.2 Å². The average Bonchev–Trinajstić information content (AvgIpc) is 2.99. The Morgan fingerprint density at radius 1 is 1.06 bits per heavy atom. The number of carbonyl (C=O) groups excluding carboxylic acids is 2. The number of carbonyl (C=O) groups is 2. The topological polar surface area (TPSA) is 66.8 Å². The second-order valence-corrected chi connectivity index (χ2v) is 8.46. The first-order valence-corrected chi connectivity index (χ1v) is 10.8. The van der Waals surface area contributed by atoms with Gasteiger partial charge in [-0.2, -0.15) is 0 Å². The molecule has 1 amide bonds. The summed E-state index contributed by atoms with van der Waals surface area (Å²) in [5.74, 6) is -0.152. The molecule has 3 aromatic carbocycles. The molecule has 31 heavy (non-hydrogen) atoms. The van der Waals surface area contributed by atoms with E-state index in [1.807, 2.05) is 36.4 Å². The molecule has 0 aromatic heterocycles. The Kier molecular flexibility index (Phi) is 5.94. The Morgan fingerprint density at radius 3 is 2.45 bits per heavy atom. The van der Waals surface area contributed by atoms with Crippen LogP contribution < -0.4 is 9.64 Å². The number of hydrogen-bond acceptors (Lipinski definition) is 4. The fraction of sp³-hybridized carbons (Fsp3) is 0.200. The van der Waals surface area contributed by atoms with Crippen molar-refractivity contribution in [1.82, 2.24) is 0 Å². The zero-order chi connectivity index (χ0) is 22.0. The van der Waals surface area contributed by atoms with E-state index in [0.29, 0.717) is 35.5 Å². The molecule has 1 atom stereocenters. The smallest absolute Gasteiger partial charge is 0.264 e. The lowest BCUT2D eigenvalue weighted by Gasteiger charge is -2.23. The van der Waals surface area contributed by atoms with E-state index in [2.05, 4.69) is 15.9 Å².